The topological polar surface area (TPSA) is 55.4 Å². The molecule has 1 atom stereocenters. The monoisotopic (exact) mass is 425 g/mol. The van der Waals surface area contributed by atoms with E-state index >= 15 is 0 Å². The zero-order chi connectivity index (χ0) is 22.2. The van der Waals surface area contributed by atoms with E-state index < -0.39 is 29.7 Å². The summed E-state index contributed by atoms with van der Waals surface area (Å²) < 4.78 is 44.2. The molecule has 0 unspecified atom stereocenters. The van der Waals surface area contributed by atoms with Crippen LogP contribution < -0.4 is 5.32 Å². The molecule has 158 valence electrons. The second-order valence-corrected chi connectivity index (χ2v) is 7.41. The molecule has 1 aliphatic heterocycles. The Morgan fingerprint density at radius 3 is 2.48 bits per heavy atom. The van der Waals surface area contributed by atoms with Crippen molar-refractivity contribution < 1.29 is 27.5 Å². The molecule has 0 saturated carbocycles. The van der Waals surface area contributed by atoms with Gasteiger partial charge in [0.05, 0.1) is 11.1 Å². The molecular weight excluding hydrogens is 407 g/mol. The Kier molecular flexibility index (Phi) is 5.27. The van der Waals surface area contributed by atoms with Crippen LogP contribution in [0, 0.1) is 6.92 Å². The lowest BCUT2D eigenvalue weighted by atomic mass is 9.92. The van der Waals surface area contributed by atoms with Gasteiger partial charge in [0.1, 0.15) is 6.10 Å². The number of fused-ring (bicyclic) bond motifs is 1. The van der Waals surface area contributed by atoms with Gasteiger partial charge in [0, 0.05) is 17.7 Å². The van der Waals surface area contributed by atoms with Crippen LogP contribution in [0.5, 0.6) is 0 Å². The summed E-state index contributed by atoms with van der Waals surface area (Å²) in [4.78, 5) is 25.0. The summed E-state index contributed by atoms with van der Waals surface area (Å²) in [5, 5.41) is 2.48. The third-order valence-corrected chi connectivity index (χ3v) is 5.14. The fraction of sp³-hybridized carbons (Fsp3) is 0.167. The zero-order valence-corrected chi connectivity index (χ0v) is 16.5. The number of halogens is 3. The van der Waals surface area contributed by atoms with Crippen LogP contribution in [0.15, 0.2) is 66.7 Å². The van der Waals surface area contributed by atoms with Crippen molar-refractivity contribution in [1.82, 2.24) is 0 Å². The van der Waals surface area contributed by atoms with E-state index in [-0.39, 0.29) is 11.3 Å². The number of hydrogen-bond acceptors (Lipinski definition) is 3. The first-order chi connectivity index (χ1) is 14.7. The standard InChI is InChI=1S/C24H18F3NO3/c1-14-5-7-15(8-6-14)21-12-17-11-16(9-10-20(17)23(30)31-21)22(29)28-19-4-2-3-18(13-19)24(25,26)27/h2-11,13,21H,12H2,1H3,(H,28,29)/t21-/m0/s1. The largest absolute Gasteiger partial charge is 0.454 e. The molecule has 0 bridgehead atoms. The molecule has 0 fully saturated rings. The van der Waals surface area contributed by atoms with E-state index in [0.29, 0.717) is 17.5 Å². The van der Waals surface area contributed by atoms with Crippen LogP contribution >= 0.6 is 0 Å². The fourth-order valence-electron chi connectivity index (χ4n) is 3.48. The molecule has 0 radical (unpaired) electrons. The van der Waals surface area contributed by atoms with Gasteiger partial charge in [-0.1, -0.05) is 35.9 Å². The molecule has 3 aromatic carbocycles. The summed E-state index contributed by atoms with van der Waals surface area (Å²) in [5.74, 6) is -1.04. The molecule has 1 aliphatic rings. The Balaban J connectivity index is 1.56. The first kappa shape index (κ1) is 20.7. The third-order valence-electron chi connectivity index (χ3n) is 5.14. The van der Waals surface area contributed by atoms with Crippen molar-refractivity contribution in [3.05, 3.63) is 100 Å². The number of nitrogens with one attached hydrogen (secondary N) is 1. The Morgan fingerprint density at radius 1 is 1.03 bits per heavy atom. The third kappa shape index (κ3) is 4.45. The first-order valence-electron chi connectivity index (χ1n) is 9.60. The van der Waals surface area contributed by atoms with Gasteiger partial charge in [0.25, 0.3) is 5.91 Å². The van der Waals surface area contributed by atoms with Crippen molar-refractivity contribution in [2.75, 3.05) is 5.32 Å². The van der Waals surface area contributed by atoms with Crippen molar-refractivity contribution in [1.29, 1.82) is 0 Å². The normalized spacial score (nSPS) is 15.7. The zero-order valence-electron chi connectivity index (χ0n) is 16.5. The van der Waals surface area contributed by atoms with Crippen LogP contribution in [0.25, 0.3) is 0 Å². The highest BCUT2D eigenvalue weighted by atomic mass is 19.4. The minimum Gasteiger partial charge on any atom is -0.454 e. The molecule has 1 amide bonds. The number of aryl methyl sites for hydroxylation is 1. The van der Waals surface area contributed by atoms with Crippen LogP contribution in [0.3, 0.4) is 0 Å². The van der Waals surface area contributed by atoms with E-state index in [2.05, 4.69) is 5.32 Å². The smallest absolute Gasteiger partial charge is 0.416 e. The molecule has 1 heterocycles. The number of alkyl halides is 3. The Hall–Kier alpha value is -3.61. The predicted octanol–water partition coefficient (Wildman–Crippen LogP) is 5.72. The second kappa shape index (κ2) is 7.91. The summed E-state index contributed by atoms with van der Waals surface area (Å²) in [5.41, 5.74) is 2.39. The van der Waals surface area contributed by atoms with Crippen LogP contribution in [0.2, 0.25) is 0 Å². The number of ether oxygens (including phenoxy) is 1. The van der Waals surface area contributed by atoms with Crippen LogP contribution in [-0.4, -0.2) is 11.9 Å². The number of benzene rings is 3. The number of amides is 1. The lowest BCUT2D eigenvalue weighted by Gasteiger charge is -2.25. The van der Waals surface area contributed by atoms with Gasteiger partial charge < -0.3 is 10.1 Å². The highest BCUT2D eigenvalue weighted by Gasteiger charge is 2.31. The number of carbonyl (C=O) groups is 2. The summed E-state index contributed by atoms with van der Waals surface area (Å²) in [6.45, 7) is 1.96. The van der Waals surface area contributed by atoms with Crippen molar-refractivity contribution in [2.45, 2.75) is 25.6 Å². The van der Waals surface area contributed by atoms with Gasteiger partial charge >= 0.3 is 12.1 Å². The number of rotatable bonds is 3. The molecule has 4 rings (SSSR count). The van der Waals surface area contributed by atoms with Crippen LogP contribution in [0.1, 0.15) is 49.1 Å². The SMILES string of the molecule is Cc1ccc([C@@H]2Cc3cc(C(=O)Nc4cccc(C(F)(F)F)c4)ccc3C(=O)O2)cc1. The molecule has 1 N–H and O–H groups in total. The molecule has 0 aliphatic carbocycles. The highest BCUT2D eigenvalue weighted by molar-refractivity contribution is 6.05. The van der Waals surface area contributed by atoms with Crippen LogP contribution in [0.4, 0.5) is 18.9 Å². The number of hydrogen-bond donors (Lipinski definition) is 1. The molecule has 7 heteroatoms. The number of carbonyl (C=O) groups excluding carboxylic acids is 2. The number of esters is 1. The Morgan fingerprint density at radius 2 is 1.77 bits per heavy atom. The molecular formula is C24H18F3NO3. The lowest BCUT2D eigenvalue weighted by molar-refractivity contribution is -0.137. The minimum absolute atomic E-state index is 0.0366. The fourth-order valence-corrected chi connectivity index (χ4v) is 3.48. The van der Waals surface area contributed by atoms with Crippen molar-refractivity contribution >= 4 is 17.6 Å². The molecule has 4 nitrogen and oxygen atoms in total. The predicted molar refractivity (Wildman–Crippen MR) is 109 cm³/mol. The van der Waals surface area contributed by atoms with E-state index in [1.54, 1.807) is 6.07 Å². The van der Waals surface area contributed by atoms with E-state index in [9.17, 15) is 22.8 Å². The minimum atomic E-state index is -4.50. The van der Waals surface area contributed by atoms with Gasteiger partial charge in [-0.25, -0.2) is 4.79 Å². The first-order valence-corrected chi connectivity index (χ1v) is 9.60. The van der Waals surface area contributed by atoms with Crippen molar-refractivity contribution in [2.24, 2.45) is 0 Å². The summed E-state index contributed by atoms with van der Waals surface area (Å²) >= 11 is 0. The molecule has 3 aromatic rings. The number of anilines is 1. The van der Waals surface area contributed by atoms with E-state index in [1.807, 2.05) is 31.2 Å². The van der Waals surface area contributed by atoms with Gasteiger partial charge in [-0.15, -0.1) is 0 Å². The Labute approximate surface area is 176 Å². The highest BCUT2D eigenvalue weighted by Crippen LogP contribution is 2.32. The van der Waals surface area contributed by atoms with E-state index in [0.717, 1.165) is 23.3 Å². The summed E-state index contributed by atoms with van der Waals surface area (Å²) in [6, 6.07) is 16.6. The quantitative estimate of drug-likeness (QED) is 0.546. The maximum atomic E-state index is 12.9. The number of cyclic esters (lactones) is 1. The second-order valence-electron chi connectivity index (χ2n) is 7.41. The van der Waals surface area contributed by atoms with Gasteiger partial charge in [0.15, 0.2) is 0 Å². The average molecular weight is 425 g/mol. The average Bonchev–Trinajstić information content (AvgIpc) is 2.73. The van der Waals surface area contributed by atoms with Crippen molar-refractivity contribution in [3.8, 4) is 0 Å². The van der Waals surface area contributed by atoms with Gasteiger partial charge in [-0.3, -0.25) is 4.79 Å². The molecule has 0 saturated heterocycles. The summed E-state index contributed by atoms with van der Waals surface area (Å²) in [6.07, 6.45) is -4.57. The molecule has 0 aromatic heterocycles. The lowest BCUT2D eigenvalue weighted by Crippen LogP contribution is -2.23. The summed E-state index contributed by atoms with van der Waals surface area (Å²) in [7, 11) is 0. The molecule has 31 heavy (non-hydrogen) atoms. The van der Waals surface area contributed by atoms with Crippen molar-refractivity contribution in [3.63, 3.8) is 0 Å². The van der Waals surface area contributed by atoms with Gasteiger partial charge in [0.2, 0.25) is 0 Å². The van der Waals surface area contributed by atoms with Gasteiger partial charge in [-0.05, 0) is 54.4 Å². The van der Waals surface area contributed by atoms with Gasteiger partial charge in [-0.2, -0.15) is 13.2 Å². The Bertz CT molecular complexity index is 1150. The maximum absolute atomic E-state index is 12.9. The van der Waals surface area contributed by atoms with Crippen LogP contribution in [-0.2, 0) is 17.3 Å². The van der Waals surface area contributed by atoms with E-state index in [4.69, 9.17) is 4.74 Å². The maximum Gasteiger partial charge on any atom is 0.416 e. The molecule has 0 spiro atoms. The van der Waals surface area contributed by atoms with E-state index in [1.165, 1.54) is 24.3 Å².